The number of anilines is 1. The third-order valence-electron chi connectivity index (χ3n) is 2.56. The topological polar surface area (TPSA) is 72.2 Å². The Balaban J connectivity index is 3.03. The summed E-state index contributed by atoms with van der Waals surface area (Å²) in [5, 5.41) is 0. The van der Waals surface area contributed by atoms with Crippen LogP contribution < -0.4 is 10.5 Å². The molecule has 0 aromatic heterocycles. The lowest BCUT2D eigenvalue weighted by atomic mass is 10.2. The van der Waals surface area contributed by atoms with E-state index < -0.39 is 10.0 Å². The molecule has 1 atom stereocenters. The fraction of sp³-hybridized carbons (Fsp3) is 0.385. The predicted molar refractivity (Wildman–Crippen MR) is 73.4 cm³/mol. The van der Waals surface area contributed by atoms with Crippen LogP contribution in [0.3, 0.4) is 0 Å². The number of hydrogen-bond acceptors (Lipinski definition) is 3. The van der Waals surface area contributed by atoms with Crippen LogP contribution in [0.25, 0.3) is 0 Å². The van der Waals surface area contributed by atoms with Gasteiger partial charge in [-0.2, -0.15) is 0 Å². The Morgan fingerprint density at radius 3 is 2.61 bits per heavy atom. The lowest BCUT2D eigenvalue weighted by molar-refractivity contribution is 0.544. The third-order valence-corrected chi connectivity index (χ3v) is 4.06. The molecule has 3 N–H and O–H groups in total. The highest BCUT2D eigenvalue weighted by molar-refractivity contribution is 7.89. The number of nitrogens with one attached hydrogen (secondary N) is 1. The summed E-state index contributed by atoms with van der Waals surface area (Å²) in [6.45, 7) is 3.68. The molecule has 1 rings (SSSR count). The second-order valence-electron chi connectivity index (χ2n) is 4.21. The molecule has 5 heteroatoms. The molecule has 0 saturated heterocycles. The first-order valence-electron chi connectivity index (χ1n) is 5.72. The summed E-state index contributed by atoms with van der Waals surface area (Å²) >= 11 is 0. The van der Waals surface area contributed by atoms with Crippen molar-refractivity contribution in [2.75, 3.05) is 5.73 Å². The van der Waals surface area contributed by atoms with Crippen molar-refractivity contribution < 1.29 is 8.42 Å². The summed E-state index contributed by atoms with van der Waals surface area (Å²) in [5.74, 6) is 2.46. The highest BCUT2D eigenvalue weighted by Gasteiger charge is 2.19. The minimum Gasteiger partial charge on any atom is -0.399 e. The molecule has 0 aliphatic rings. The zero-order chi connectivity index (χ0) is 13.8. The molecule has 4 nitrogen and oxygen atoms in total. The van der Waals surface area contributed by atoms with Gasteiger partial charge in [0.25, 0.3) is 0 Å². The Kier molecular flexibility index (Phi) is 4.76. The number of sulfonamides is 1. The number of rotatable bonds is 5. The minimum absolute atomic E-state index is 0.176. The fourth-order valence-electron chi connectivity index (χ4n) is 1.63. The Morgan fingerprint density at radius 1 is 1.44 bits per heavy atom. The van der Waals surface area contributed by atoms with Gasteiger partial charge in [-0.25, -0.2) is 13.1 Å². The summed E-state index contributed by atoms with van der Waals surface area (Å²) < 4.78 is 26.9. The lowest BCUT2D eigenvalue weighted by Gasteiger charge is -2.15. The van der Waals surface area contributed by atoms with Gasteiger partial charge in [-0.1, -0.05) is 6.92 Å². The zero-order valence-corrected chi connectivity index (χ0v) is 11.4. The maximum absolute atomic E-state index is 12.1. The van der Waals surface area contributed by atoms with Gasteiger partial charge in [0.15, 0.2) is 0 Å². The average Bonchev–Trinajstić information content (AvgIpc) is 2.27. The van der Waals surface area contributed by atoms with E-state index in [0.717, 1.165) is 5.56 Å². The molecule has 1 unspecified atom stereocenters. The Bertz CT molecular complexity index is 539. The highest BCUT2D eigenvalue weighted by atomic mass is 32.2. The molecule has 1 aromatic rings. The van der Waals surface area contributed by atoms with Crippen LogP contribution in [-0.2, 0) is 10.0 Å². The van der Waals surface area contributed by atoms with E-state index >= 15 is 0 Å². The quantitative estimate of drug-likeness (QED) is 0.629. The maximum Gasteiger partial charge on any atom is 0.240 e. The van der Waals surface area contributed by atoms with Crippen LogP contribution in [0.1, 0.15) is 25.3 Å². The molecule has 0 aliphatic heterocycles. The van der Waals surface area contributed by atoms with E-state index in [1.807, 2.05) is 6.92 Å². The van der Waals surface area contributed by atoms with Crippen molar-refractivity contribution in [1.29, 1.82) is 0 Å². The van der Waals surface area contributed by atoms with Crippen molar-refractivity contribution in [2.24, 2.45) is 0 Å². The van der Waals surface area contributed by atoms with Crippen molar-refractivity contribution in [3.8, 4) is 12.3 Å². The second kappa shape index (κ2) is 5.89. The van der Waals surface area contributed by atoms with Crippen molar-refractivity contribution in [2.45, 2.75) is 37.6 Å². The maximum atomic E-state index is 12.1. The fourth-order valence-corrected chi connectivity index (χ4v) is 3.09. The predicted octanol–water partition coefficient (Wildman–Crippen LogP) is 1.66. The average molecular weight is 266 g/mol. The summed E-state index contributed by atoms with van der Waals surface area (Å²) in [4.78, 5) is 0.176. The van der Waals surface area contributed by atoms with Gasteiger partial charge in [-0.05, 0) is 37.1 Å². The Labute approximate surface area is 109 Å². The van der Waals surface area contributed by atoms with E-state index in [0.29, 0.717) is 18.5 Å². The molecule has 0 fully saturated rings. The van der Waals surface area contributed by atoms with E-state index in [2.05, 4.69) is 10.6 Å². The van der Waals surface area contributed by atoms with Crippen molar-refractivity contribution in [3.63, 3.8) is 0 Å². The molecule has 0 aliphatic carbocycles. The van der Waals surface area contributed by atoms with Gasteiger partial charge in [-0.15, -0.1) is 12.3 Å². The summed E-state index contributed by atoms with van der Waals surface area (Å²) in [7, 11) is -3.56. The first kappa shape index (κ1) is 14.6. The van der Waals surface area contributed by atoms with Gasteiger partial charge in [0.2, 0.25) is 10.0 Å². The summed E-state index contributed by atoms with van der Waals surface area (Å²) in [6, 6.07) is 4.50. The summed E-state index contributed by atoms with van der Waals surface area (Å²) in [5.41, 5.74) is 6.89. The van der Waals surface area contributed by atoms with E-state index in [-0.39, 0.29) is 10.9 Å². The van der Waals surface area contributed by atoms with E-state index in [9.17, 15) is 8.42 Å². The SMILES string of the molecule is C#CCC(CC)NS(=O)(=O)c1cc(C)cc(N)c1. The number of nitrogens with two attached hydrogens (primary N) is 1. The standard InChI is InChI=1S/C13H18N2O2S/c1-4-6-12(5-2)15-18(16,17)13-8-10(3)7-11(14)9-13/h1,7-9,12,15H,5-6,14H2,2-3H3. The third kappa shape index (κ3) is 3.76. The van der Waals surface area contributed by atoms with Crippen LogP contribution in [0.2, 0.25) is 0 Å². The molecular formula is C13H18N2O2S. The van der Waals surface area contributed by atoms with Gasteiger partial charge < -0.3 is 5.73 Å². The number of nitrogen functional groups attached to an aromatic ring is 1. The van der Waals surface area contributed by atoms with Crippen LogP contribution >= 0.6 is 0 Å². The van der Waals surface area contributed by atoms with Gasteiger partial charge in [-0.3, -0.25) is 0 Å². The molecule has 0 bridgehead atoms. The molecule has 1 aromatic carbocycles. The number of terminal acetylenes is 1. The minimum atomic E-state index is -3.56. The molecular weight excluding hydrogens is 248 g/mol. The second-order valence-corrected chi connectivity index (χ2v) is 5.93. The van der Waals surface area contributed by atoms with Crippen LogP contribution in [0.5, 0.6) is 0 Å². The lowest BCUT2D eigenvalue weighted by Crippen LogP contribution is -2.34. The van der Waals surface area contributed by atoms with Gasteiger partial charge >= 0.3 is 0 Å². The van der Waals surface area contributed by atoms with Crippen molar-refractivity contribution in [1.82, 2.24) is 4.72 Å². The number of benzene rings is 1. The van der Waals surface area contributed by atoms with E-state index in [1.165, 1.54) is 6.07 Å². The monoisotopic (exact) mass is 266 g/mol. The number of hydrogen-bond donors (Lipinski definition) is 2. The molecule has 0 radical (unpaired) electrons. The first-order valence-corrected chi connectivity index (χ1v) is 7.20. The van der Waals surface area contributed by atoms with Crippen LogP contribution in [0.15, 0.2) is 23.1 Å². The normalized spacial score (nSPS) is 12.9. The van der Waals surface area contributed by atoms with Gasteiger partial charge in [0.05, 0.1) is 4.90 Å². The number of aryl methyl sites for hydroxylation is 1. The molecule has 0 saturated carbocycles. The smallest absolute Gasteiger partial charge is 0.240 e. The largest absolute Gasteiger partial charge is 0.399 e. The Morgan fingerprint density at radius 2 is 2.11 bits per heavy atom. The molecule has 0 amide bonds. The molecule has 0 heterocycles. The molecule has 98 valence electrons. The van der Waals surface area contributed by atoms with E-state index in [4.69, 9.17) is 12.2 Å². The van der Waals surface area contributed by atoms with Crippen LogP contribution in [0, 0.1) is 19.3 Å². The van der Waals surface area contributed by atoms with Crippen LogP contribution in [0.4, 0.5) is 5.69 Å². The van der Waals surface area contributed by atoms with Gasteiger partial charge in [0.1, 0.15) is 0 Å². The Hall–Kier alpha value is -1.51. The van der Waals surface area contributed by atoms with Crippen molar-refractivity contribution >= 4 is 15.7 Å². The van der Waals surface area contributed by atoms with Gasteiger partial charge in [0, 0.05) is 18.2 Å². The summed E-state index contributed by atoms with van der Waals surface area (Å²) in [6.07, 6.45) is 6.22. The molecule has 18 heavy (non-hydrogen) atoms. The first-order chi connectivity index (χ1) is 8.39. The van der Waals surface area contributed by atoms with E-state index in [1.54, 1.807) is 19.1 Å². The van der Waals surface area contributed by atoms with Crippen LogP contribution in [-0.4, -0.2) is 14.5 Å². The highest BCUT2D eigenvalue weighted by Crippen LogP contribution is 2.17. The molecule has 0 spiro atoms. The van der Waals surface area contributed by atoms with Crippen molar-refractivity contribution in [3.05, 3.63) is 23.8 Å². The zero-order valence-electron chi connectivity index (χ0n) is 10.6.